The summed E-state index contributed by atoms with van der Waals surface area (Å²) >= 11 is 0. The first-order valence-electron chi connectivity index (χ1n) is 6.61. The van der Waals surface area contributed by atoms with Crippen LogP contribution >= 0.6 is 0 Å². The van der Waals surface area contributed by atoms with Crippen molar-refractivity contribution in [3.05, 3.63) is 24.0 Å². The molecule has 1 aromatic rings. The fourth-order valence-corrected chi connectivity index (χ4v) is 1.94. The SMILES string of the molecule is CC(OCC1CCOC1)C(=O)Nc1cc(N)ccc1F. The lowest BCUT2D eigenvalue weighted by molar-refractivity contribution is -0.127. The highest BCUT2D eigenvalue weighted by atomic mass is 19.1. The number of hydrogen-bond acceptors (Lipinski definition) is 4. The number of carbonyl (C=O) groups excluding carboxylic acids is 1. The van der Waals surface area contributed by atoms with Gasteiger partial charge >= 0.3 is 0 Å². The van der Waals surface area contributed by atoms with Crippen LogP contribution in [0.5, 0.6) is 0 Å². The molecule has 110 valence electrons. The van der Waals surface area contributed by atoms with Crippen LogP contribution < -0.4 is 11.1 Å². The van der Waals surface area contributed by atoms with Crippen LogP contribution in [0.3, 0.4) is 0 Å². The van der Waals surface area contributed by atoms with E-state index < -0.39 is 17.8 Å². The summed E-state index contributed by atoms with van der Waals surface area (Å²) < 4.78 is 24.2. The van der Waals surface area contributed by atoms with Gasteiger partial charge < -0.3 is 20.5 Å². The topological polar surface area (TPSA) is 73.6 Å². The van der Waals surface area contributed by atoms with Gasteiger partial charge in [-0.05, 0) is 31.5 Å². The van der Waals surface area contributed by atoms with E-state index >= 15 is 0 Å². The first-order valence-corrected chi connectivity index (χ1v) is 6.61. The summed E-state index contributed by atoms with van der Waals surface area (Å²) in [6, 6.07) is 4.03. The summed E-state index contributed by atoms with van der Waals surface area (Å²) in [6.45, 7) is 3.50. The molecule has 2 rings (SSSR count). The lowest BCUT2D eigenvalue weighted by Gasteiger charge is -2.16. The number of nitrogens with two attached hydrogens (primary N) is 1. The van der Waals surface area contributed by atoms with Crippen LogP contribution in [-0.4, -0.2) is 31.8 Å². The number of benzene rings is 1. The van der Waals surface area contributed by atoms with Gasteiger partial charge in [-0.15, -0.1) is 0 Å². The Bertz CT molecular complexity index is 475. The second-order valence-electron chi connectivity index (χ2n) is 4.93. The predicted molar refractivity (Wildman–Crippen MR) is 73.8 cm³/mol. The Morgan fingerprint density at radius 1 is 1.65 bits per heavy atom. The number of rotatable bonds is 5. The van der Waals surface area contributed by atoms with Gasteiger partial charge in [-0.2, -0.15) is 0 Å². The molecule has 0 aliphatic carbocycles. The Kier molecular flexibility index (Phi) is 4.92. The lowest BCUT2D eigenvalue weighted by Crippen LogP contribution is -2.30. The van der Waals surface area contributed by atoms with Gasteiger partial charge in [0, 0.05) is 18.2 Å². The van der Waals surface area contributed by atoms with Crippen molar-refractivity contribution in [2.24, 2.45) is 5.92 Å². The van der Waals surface area contributed by atoms with Crippen LogP contribution in [0.25, 0.3) is 0 Å². The number of halogens is 1. The first-order chi connectivity index (χ1) is 9.56. The van der Waals surface area contributed by atoms with E-state index in [1.54, 1.807) is 6.92 Å². The van der Waals surface area contributed by atoms with E-state index in [-0.39, 0.29) is 5.69 Å². The summed E-state index contributed by atoms with van der Waals surface area (Å²) in [5.41, 5.74) is 6.01. The van der Waals surface area contributed by atoms with Crippen molar-refractivity contribution < 1.29 is 18.7 Å². The number of amides is 1. The first kappa shape index (κ1) is 14.7. The van der Waals surface area contributed by atoms with E-state index in [9.17, 15) is 9.18 Å². The molecule has 0 bridgehead atoms. The molecule has 6 heteroatoms. The molecular formula is C14H19FN2O3. The molecule has 1 aliphatic heterocycles. The van der Waals surface area contributed by atoms with E-state index in [4.69, 9.17) is 15.2 Å². The standard InChI is InChI=1S/C14H19FN2O3/c1-9(20-8-10-4-5-19-7-10)14(18)17-13-6-11(16)2-3-12(13)15/h2-3,6,9-10H,4-5,7-8,16H2,1H3,(H,17,18). The maximum absolute atomic E-state index is 13.5. The number of nitrogen functional groups attached to an aromatic ring is 1. The summed E-state index contributed by atoms with van der Waals surface area (Å²) in [5.74, 6) is -0.591. The highest BCUT2D eigenvalue weighted by molar-refractivity contribution is 5.94. The fourth-order valence-electron chi connectivity index (χ4n) is 1.94. The van der Waals surface area contributed by atoms with Crippen molar-refractivity contribution in [2.75, 3.05) is 30.9 Å². The van der Waals surface area contributed by atoms with E-state index in [1.807, 2.05) is 0 Å². The quantitative estimate of drug-likeness (QED) is 0.807. The second-order valence-corrected chi connectivity index (χ2v) is 4.93. The van der Waals surface area contributed by atoms with Crippen LogP contribution in [0.15, 0.2) is 18.2 Å². The van der Waals surface area contributed by atoms with E-state index in [0.717, 1.165) is 13.0 Å². The molecule has 0 aromatic heterocycles. The molecule has 2 unspecified atom stereocenters. The molecule has 20 heavy (non-hydrogen) atoms. The minimum atomic E-state index is -0.656. The predicted octanol–water partition coefficient (Wildman–Crippen LogP) is 1.79. The number of anilines is 2. The summed E-state index contributed by atoms with van der Waals surface area (Å²) in [6.07, 6.45) is 0.287. The number of hydrogen-bond donors (Lipinski definition) is 2. The molecule has 0 spiro atoms. The van der Waals surface area contributed by atoms with Gasteiger partial charge in [-0.1, -0.05) is 0 Å². The van der Waals surface area contributed by atoms with Crippen molar-refractivity contribution in [2.45, 2.75) is 19.4 Å². The number of nitrogens with one attached hydrogen (secondary N) is 1. The second kappa shape index (κ2) is 6.67. The van der Waals surface area contributed by atoms with E-state index in [1.165, 1.54) is 18.2 Å². The molecule has 1 saturated heterocycles. The average molecular weight is 282 g/mol. The minimum Gasteiger partial charge on any atom is -0.399 e. The van der Waals surface area contributed by atoms with Crippen molar-refractivity contribution >= 4 is 17.3 Å². The summed E-state index contributed by atoms with van der Waals surface area (Å²) in [4.78, 5) is 11.9. The smallest absolute Gasteiger partial charge is 0.253 e. The third kappa shape index (κ3) is 3.91. The molecule has 0 radical (unpaired) electrons. The van der Waals surface area contributed by atoms with Crippen molar-refractivity contribution in [3.8, 4) is 0 Å². The average Bonchev–Trinajstić information content (AvgIpc) is 2.93. The summed E-state index contributed by atoms with van der Waals surface area (Å²) in [7, 11) is 0. The van der Waals surface area contributed by atoms with Gasteiger partial charge in [0.05, 0.1) is 18.9 Å². The monoisotopic (exact) mass is 282 g/mol. The highest BCUT2D eigenvalue weighted by Crippen LogP contribution is 2.18. The van der Waals surface area contributed by atoms with Crippen LogP contribution in [0.1, 0.15) is 13.3 Å². The Morgan fingerprint density at radius 3 is 3.15 bits per heavy atom. The highest BCUT2D eigenvalue weighted by Gasteiger charge is 2.20. The van der Waals surface area contributed by atoms with Crippen molar-refractivity contribution in [1.29, 1.82) is 0 Å². The molecule has 0 saturated carbocycles. The normalized spacial score (nSPS) is 19.8. The third-order valence-electron chi connectivity index (χ3n) is 3.22. The van der Waals surface area contributed by atoms with E-state index in [2.05, 4.69) is 5.32 Å². The zero-order valence-electron chi connectivity index (χ0n) is 11.4. The molecule has 1 heterocycles. The minimum absolute atomic E-state index is 0.0645. The molecule has 5 nitrogen and oxygen atoms in total. The number of carbonyl (C=O) groups is 1. The maximum atomic E-state index is 13.5. The van der Waals surface area contributed by atoms with Crippen molar-refractivity contribution in [1.82, 2.24) is 0 Å². The lowest BCUT2D eigenvalue weighted by atomic mass is 10.1. The fraction of sp³-hybridized carbons (Fsp3) is 0.500. The zero-order valence-corrected chi connectivity index (χ0v) is 11.4. The maximum Gasteiger partial charge on any atom is 0.253 e. The molecule has 1 amide bonds. The van der Waals surface area contributed by atoms with Gasteiger partial charge in [0.2, 0.25) is 0 Å². The summed E-state index contributed by atoms with van der Waals surface area (Å²) in [5, 5.41) is 2.48. The molecular weight excluding hydrogens is 263 g/mol. The van der Waals surface area contributed by atoms with Gasteiger partial charge in [-0.25, -0.2) is 4.39 Å². The Balaban J connectivity index is 1.85. The Hall–Kier alpha value is -1.66. The Labute approximate surface area is 117 Å². The van der Waals surface area contributed by atoms with Crippen LogP contribution in [0.4, 0.5) is 15.8 Å². The van der Waals surface area contributed by atoms with Crippen LogP contribution in [0, 0.1) is 11.7 Å². The van der Waals surface area contributed by atoms with Gasteiger partial charge in [0.15, 0.2) is 0 Å². The Morgan fingerprint density at radius 2 is 2.45 bits per heavy atom. The van der Waals surface area contributed by atoms with Gasteiger partial charge in [0.1, 0.15) is 11.9 Å². The zero-order chi connectivity index (χ0) is 14.5. The van der Waals surface area contributed by atoms with Crippen LogP contribution in [0.2, 0.25) is 0 Å². The van der Waals surface area contributed by atoms with Gasteiger partial charge in [0.25, 0.3) is 5.91 Å². The number of ether oxygens (including phenoxy) is 2. The molecule has 1 aliphatic rings. The van der Waals surface area contributed by atoms with Crippen LogP contribution in [-0.2, 0) is 14.3 Å². The molecule has 1 aromatic carbocycles. The molecule has 3 N–H and O–H groups in total. The van der Waals surface area contributed by atoms with Gasteiger partial charge in [-0.3, -0.25) is 4.79 Å². The van der Waals surface area contributed by atoms with Crippen molar-refractivity contribution in [3.63, 3.8) is 0 Å². The third-order valence-corrected chi connectivity index (χ3v) is 3.22. The largest absolute Gasteiger partial charge is 0.399 e. The van der Waals surface area contributed by atoms with E-state index in [0.29, 0.717) is 24.8 Å². The molecule has 1 fully saturated rings. The molecule has 2 atom stereocenters.